The molecular formula is C14H20N2O. The van der Waals surface area contributed by atoms with Crippen molar-refractivity contribution in [2.24, 2.45) is 5.73 Å². The first-order chi connectivity index (χ1) is 8.07. The molecule has 1 saturated carbocycles. The minimum atomic E-state index is -0.632. The van der Waals surface area contributed by atoms with Gasteiger partial charge in [-0.05, 0) is 43.7 Å². The number of hydrogen-bond acceptors (Lipinski definition) is 2. The maximum absolute atomic E-state index is 12.1. The van der Waals surface area contributed by atoms with Gasteiger partial charge < -0.3 is 11.1 Å². The van der Waals surface area contributed by atoms with Gasteiger partial charge in [0.25, 0.3) is 0 Å². The van der Waals surface area contributed by atoms with Crippen molar-refractivity contribution in [3.63, 3.8) is 0 Å². The maximum Gasteiger partial charge on any atom is 0.244 e. The quantitative estimate of drug-likeness (QED) is 0.840. The van der Waals surface area contributed by atoms with Gasteiger partial charge >= 0.3 is 0 Å². The van der Waals surface area contributed by atoms with Crippen molar-refractivity contribution < 1.29 is 4.79 Å². The van der Waals surface area contributed by atoms with Crippen LogP contribution in [0.3, 0.4) is 0 Å². The summed E-state index contributed by atoms with van der Waals surface area (Å²) in [5.41, 5.74) is 8.60. The molecule has 1 aromatic rings. The molecule has 0 unspecified atom stereocenters. The minimum absolute atomic E-state index is 0.0345. The summed E-state index contributed by atoms with van der Waals surface area (Å²) in [5, 5.41) is 3.01. The predicted octanol–water partition coefficient (Wildman–Crippen LogP) is 2.38. The van der Waals surface area contributed by atoms with Gasteiger partial charge in [0.2, 0.25) is 5.91 Å². The number of amides is 1. The van der Waals surface area contributed by atoms with Gasteiger partial charge in [-0.15, -0.1) is 0 Å². The summed E-state index contributed by atoms with van der Waals surface area (Å²) in [4.78, 5) is 12.1. The third-order valence-corrected chi connectivity index (χ3v) is 3.68. The van der Waals surface area contributed by atoms with Crippen LogP contribution in [0.5, 0.6) is 0 Å². The molecule has 1 aliphatic carbocycles. The fourth-order valence-corrected chi connectivity index (χ4v) is 2.22. The first-order valence-electron chi connectivity index (χ1n) is 6.25. The second-order valence-electron chi connectivity index (χ2n) is 4.93. The Morgan fingerprint density at radius 3 is 2.71 bits per heavy atom. The van der Waals surface area contributed by atoms with Crippen LogP contribution in [0.1, 0.15) is 37.3 Å². The van der Waals surface area contributed by atoms with E-state index < -0.39 is 5.54 Å². The normalized spacial score (nSPS) is 17.4. The van der Waals surface area contributed by atoms with Gasteiger partial charge in [-0.2, -0.15) is 0 Å². The third-order valence-electron chi connectivity index (χ3n) is 3.68. The van der Waals surface area contributed by atoms with Gasteiger partial charge in [-0.25, -0.2) is 0 Å². The molecule has 1 aromatic carbocycles. The van der Waals surface area contributed by atoms with E-state index in [-0.39, 0.29) is 5.91 Å². The van der Waals surface area contributed by atoms with Crippen molar-refractivity contribution in [1.29, 1.82) is 0 Å². The molecule has 2 rings (SSSR count). The lowest BCUT2D eigenvalue weighted by molar-refractivity contribution is -0.123. The van der Waals surface area contributed by atoms with Gasteiger partial charge in [-0.1, -0.05) is 25.1 Å². The molecule has 3 nitrogen and oxygen atoms in total. The molecule has 0 radical (unpaired) electrons. The van der Waals surface area contributed by atoms with Crippen LogP contribution in [0, 0.1) is 6.92 Å². The molecule has 0 heterocycles. The first-order valence-corrected chi connectivity index (χ1v) is 6.25. The molecule has 0 bridgehead atoms. The Labute approximate surface area is 102 Å². The summed E-state index contributed by atoms with van der Waals surface area (Å²) in [6.07, 6.45) is 3.56. The molecule has 0 atom stereocenters. The highest BCUT2D eigenvalue weighted by Crippen LogP contribution is 2.31. The van der Waals surface area contributed by atoms with E-state index in [9.17, 15) is 4.79 Å². The molecule has 3 N–H and O–H groups in total. The molecule has 92 valence electrons. The molecule has 3 heteroatoms. The Hall–Kier alpha value is -1.35. The SMILES string of the molecule is CCc1cccc(C)c1NC(=O)C1(N)CCC1. The summed E-state index contributed by atoms with van der Waals surface area (Å²) < 4.78 is 0. The highest BCUT2D eigenvalue weighted by Gasteiger charge is 2.40. The van der Waals surface area contributed by atoms with Crippen LogP contribution >= 0.6 is 0 Å². The fourth-order valence-electron chi connectivity index (χ4n) is 2.22. The van der Waals surface area contributed by atoms with E-state index in [1.54, 1.807) is 0 Å². The van der Waals surface area contributed by atoms with Crippen LogP contribution in [0.2, 0.25) is 0 Å². The lowest BCUT2D eigenvalue weighted by Crippen LogP contribution is -2.56. The monoisotopic (exact) mass is 232 g/mol. The fraction of sp³-hybridized carbons (Fsp3) is 0.500. The van der Waals surface area contributed by atoms with Crippen molar-refractivity contribution >= 4 is 11.6 Å². The van der Waals surface area contributed by atoms with Crippen molar-refractivity contribution in [3.8, 4) is 0 Å². The number of carbonyl (C=O) groups is 1. The number of nitrogens with one attached hydrogen (secondary N) is 1. The lowest BCUT2D eigenvalue weighted by atomic mass is 9.77. The van der Waals surface area contributed by atoms with Crippen molar-refractivity contribution in [2.75, 3.05) is 5.32 Å². The average Bonchev–Trinajstić information content (AvgIpc) is 2.28. The number of aryl methyl sites for hydroxylation is 2. The molecule has 17 heavy (non-hydrogen) atoms. The number of nitrogens with two attached hydrogens (primary N) is 1. The lowest BCUT2D eigenvalue weighted by Gasteiger charge is -2.36. The standard InChI is InChI=1S/C14H20N2O/c1-3-11-7-4-6-10(2)12(11)16-13(17)14(15)8-5-9-14/h4,6-7H,3,5,8-9,15H2,1-2H3,(H,16,17). The summed E-state index contributed by atoms with van der Waals surface area (Å²) in [6, 6.07) is 6.08. The number of benzene rings is 1. The van der Waals surface area contributed by atoms with Gasteiger partial charge in [0, 0.05) is 5.69 Å². The topological polar surface area (TPSA) is 55.1 Å². The zero-order valence-electron chi connectivity index (χ0n) is 10.5. The zero-order valence-corrected chi connectivity index (χ0v) is 10.5. The highest BCUT2D eigenvalue weighted by molar-refractivity contribution is 5.99. The Morgan fingerprint density at radius 2 is 2.18 bits per heavy atom. The van der Waals surface area contributed by atoms with Gasteiger partial charge in [-0.3, -0.25) is 4.79 Å². The number of carbonyl (C=O) groups excluding carboxylic acids is 1. The molecule has 0 aromatic heterocycles. The average molecular weight is 232 g/mol. The smallest absolute Gasteiger partial charge is 0.244 e. The second kappa shape index (κ2) is 4.49. The van der Waals surface area contributed by atoms with Crippen LogP contribution in [0.25, 0.3) is 0 Å². The molecule has 0 aliphatic heterocycles. The molecule has 0 saturated heterocycles. The minimum Gasteiger partial charge on any atom is -0.324 e. The summed E-state index contributed by atoms with van der Waals surface area (Å²) in [6.45, 7) is 4.10. The number of rotatable bonds is 3. The Morgan fingerprint density at radius 1 is 1.47 bits per heavy atom. The van der Waals surface area contributed by atoms with Crippen LogP contribution in [0.4, 0.5) is 5.69 Å². The van der Waals surface area contributed by atoms with E-state index in [1.165, 1.54) is 5.56 Å². The Balaban J connectivity index is 2.21. The maximum atomic E-state index is 12.1. The van der Waals surface area contributed by atoms with Crippen molar-refractivity contribution in [3.05, 3.63) is 29.3 Å². The van der Waals surface area contributed by atoms with E-state index in [0.29, 0.717) is 0 Å². The largest absolute Gasteiger partial charge is 0.324 e. The predicted molar refractivity (Wildman–Crippen MR) is 70.0 cm³/mol. The van der Waals surface area contributed by atoms with E-state index in [1.807, 2.05) is 25.1 Å². The summed E-state index contributed by atoms with van der Waals surface area (Å²) in [7, 11) is 0. The summed E-state index contributed by atoms with van der Waals surface area (Å²) >= 11 is 0. The molecule has 1 amide bonds. The van der Waals surface area contributed by atoms with Crippen LogP contribution in [-0.2, 0) is 11.2 Å². The molecule has 1 aliphatic rings. The first kappa shape index (κ1) is 12.1. The zero-order chi connectivity index (χ0) is 12.5. The second-order valence-corrected chi connectivity index (χ2v) is 4.93. The van der Waals surface area contributed by atoms with E-state index in [0.717, 1.165) is 36.9 Å². The Bertz CT molecular complexity index is 436. The van der Waals surface area contributed by atoms with Gasteiger partial charge in [0.15, 0.2) is 0 Å². The van der Waals surface area contributed by atoms with Crippen molar-refractivity contribution in [1.82, 2.24) is 0 Å². The summed E-state index contributed by atoms with van der Waals surface area (Å²) in [5.74, 6) is -0.0345. The van der Waals surface area contributed by atoms with E-state index in [4.69, 9.17) is 5.73 Å². The number of anilines is 1. The highest BCUT2D eigenvalue weighted by atomic mass is 16.2. The molecule has 1 fully saturated rings. The van der Waals surface area contributed by atoms with E-state index in [2.05, 4.69) is 12.2 Å². The third kappa shape index (κ3) is 2.20. The van der Waals surface area contributed by atoms with Crippen LogP contribution in [0.15, 0.2) is 18.2 Å². The molecular weight excluding hydrogens is 212 g/mol. The van der Waals surface area contributed by atoms with Crippen LogP contribution in [-0.4, -0.2) is 11.4 Å². The van der Waals surface area contributed by atoms with Crippen LogP contribution < -0.4 is 11.1 Å². The molecule has 0 spiro atoms. The van der Waals surface area contributed by atoms with Crippen molar-refractivity contribution in [2.45, 2.75) is 45.1 Å². The Kier molecular flexibility index (Phi) is 3.20. The van der Waals surface area contributed by atoms with E-state index >= 15 is 0 Å². The van der Waals surface area contributed by atoms with Gasteiger partial charge in [0.05, 0.1) is 5.54 Å². The van der Waals surface area contributed by atoms with Gasteiger partial charge in [0.1, 0.15) is 0 Å². The number of hydrogen-bond donors (Lipinski definition) is 2. The number of para-hydroxylation sites is 1.